The minimum atomic E-state index is -0.132. The number of carbonyl (C=O) groups is 1. The molecule has 2 aromatic carbocycles. The van der Waals surface area contributed by atoms with Crippen LogP contribution in [0.3, 0.4) is 0 Å². The minimum Gasteiger partial charge on any atom is -0.496 e. The van der Waals surface area contributed by atoms with Gasteiger partial charge in [-0.1, -0.05) is 52.0 Å². The van der Waals surface area contributed by atoms with E-state index in [4.69, 9.17) is 4.74 Å². The summed E-state index contributed by atoms with van der Waals surface area (Å²) in [5.41, 5.74) is 4.17. The molecule has 0 saturated carbocycles. The molecule has 0 aromatic heterocycles. The molecule has 0 saturated heterocycles. The van der Waals surface area contributed by atoms with Crippen LogP contribution in [0.25, 0.3) is 6.08 Å². The highest BCUT2D eigenvalue weighted by atomic mass is 79.9. The number of carbonyl (C=O) groups excluding carboxylic acids is 1. The van der Waals surface area contributed by atoms with Crippen LogP contribution in [-0.4, -0.2) is 13.0 Å². The Hall–Kier alpha value is -2.07. The summed E-state index contributed by atoms with van der Waals surface area (Å²) >= 11 is 3.46. The van der Waals surface area contributed by atoms with Crippen molar-refractivity contribution in [3.05, 3.63) is 63.6 Å². The average molecular weight is 416 g/mol. The van der Waals surface area contributed by atoms with E-state index in [9.17, 15) is 4.79 Å². The molecule has 0 spiro atoms. The smallest absolute Gasteiger partial charge is 0.248 e. The maximum atomic E-state index is 12.5. The highest BCUT2D eigenvalue weighted by Crippen LogP contribution is 2.32. The van der Waals surface area contributed by atoms with Crippen molar-refractivity contribution in [2.24, 2.45) is 0 Å². The van der Waals surface area contributed by atoms with Crippen molar-refractivity contribution < 1.29 is 9.53 Å². The highest BCUT2D eigenvalue weighted by Gasteiger charge is 2.15. The Labute approximate surface area is 164 Å². The van der Waals surface area contributed by atoms with Gasteiger partial charge in [-0.15, -0.1) is 0 Å². The molecule has 0 aliphatic heterocycles. The summed E-state index contributed by atoms with van der Waals surface area (Å²) in [6, 6.07) is 11.9. The molecule has 0 aliphatic carbocycles. The van der Waals surface area contributed by atoms with Gasteiger partial charge in [0.15, 0.2) is 0 Å². The topological polar surface area (TPSA) is 38.3 Å². The minimum absolute atomic E-state index is 0.132. The Morgan fingerprint density at radius 1 is 1.08 bits per heavy atom. The number of methoxy groups -OCH3 is 1. The van der Waals surface area contributed by atoms with Crippen LogP contribution < -0.4 is 10.1 Å². The lowest BCUT2D eigenvalue weighted by Crippen LogP contribution is -2.13. The van der Waals surface area contributed by atoms with Gasteiger partial charge in [0, 0.05) is 11.8 Å². The number of halogens is 1. The second kappa shape index (κ2) is 9.04. The third-order valence-corrected chi connectivity index (χ3v) is 4.84. The molecular formula is C22H26BrNO2. The van der Waals surface area contributed by atoms with Crippen LogP contribution in [0.4, 0.5) is 5.69 Å². The van der Waals surface area contributed by atoms with E-state index in [1.807, 2.05) is 18.2 Å². The molecule has 0 bridgehead atoms. The molecule has 26 heavy (non-hydrogen) atoms. The predicted octanol–water partition coefficient (Wildman–Crippen LogP) is 6.36. The van der Waals surface area contributed by atoms with Crippen LogP contribution in [-0.2, 0) is 4.79 Å². The Balaban J connectivity index is 2.23. The Bertz CT molecular complexity index is 784. The molecule has 2 aromatic rings. The first-order chi connectivity index (χ1) is 12.3. The number of amides is 1. The van der Waals surface area contributed by atoms with Gasteiger partial charge < -0.3 is 10.1 Å². The average Bonchev–Trinajstić information content (AvgIpc) is 2.59. The van der Waals surface area contributed by atoms with Crippen LogP contribution >= 0.6 is 15.9 Å². The van der Waals surface area contributed by atoms with Gasteiger partial charge in [-0.25, -0.2) is 0 Å². The molecule has 3 nitrogen and oxygen atoms in total. The number of para-hydroxylation sites is 1. The fourth-order valence-corrected chi connectivity index (χ4v) is 3.38. The van der Waals surface area contributed by atoms with Gasteiger partial charge in [-0.3, -0.25) is 4.79 Å². The Morgan fingerprint density at radius 3 is 2.19 bits per heavy atom. The second-order valence-corrected chi connectivity index (χ2v) is 7.69. The lowest BCUT2D eigenvalue weighted by atomic mass is 9.92. The standard InChI is InChI=1S/C22H26BrNO2/c1-14(2)17-7-6-8-18(15(3)4)22(17)24-21(25)12-10-16-9-11-20(26-5)19(23)13-16/h6-15H,1-5H3,(H,24,25). The summed E-state index contributed by atoms with van der Waals surface area (Å²) in [5.74, 6) is 1.31. The van der Waals surface area contributed by atoms with E-state index in [0.29, 0.717) is 11.8 Å². The fourth-order valence-electron chi connectivity index (χ4n) is 2.82. The van der Waals surface area contributed by atoms with Crippen molar-refractivity contribution in [3.8, 4) is 5.75 Å². The molecule has 0 heterocycles. The van der Waals surface area contributed by atoms with Crippen molar-refractivity contribution in [2.45, 2.75) is 39.5 Å². The number of hydrogen-bond donors (Lipinski definition) is 1. The van der Waals surface area contributed by atoms with Gasteiger partial charge in [0.2, 0.25) is 5.91 Å². The molecule has 1 amide bonds. The Morgan fingerprint density at radius 2 is 1.69 bits per heavy atom. The van der Waals surface area contributed by atoms with Crippen molar-refractivity contribution in [2.75, 3.05) is 12.4 Å². The van der Waals surface area contributed by atoms with Crippen LogP contribution in [0, 0.1) is 0 Å². The SMILES string of the molecule is COc1ccc(C=CC(=O)Nc2c(C(C)C)cccc2C(C)C)cc1Br. The first-order valence-electron chi connectivity index (χ1n) is 8.78. The summed E-state index contributed by atoms with van der Waals surface area (Å²) in [6.07, 6.45) is 3.36. The normalized spacial score (nSPS) is 11.4. The lowest BCUT2D eigenvalue weighted by molar-refractivity contribution is -0.111. The van der Waals surface area contributed by atoms with Crippen molar-refractivity contribution in [1.29, 1.82) is 0 Å². The molecule has 0 fully saturated rings. The third-order valence-electron chi connectivity index (χ3n) is 4.22. The zero-order chi connectivity index (χ0) is 19.3. The molecule has 0 unspecified atom stereocenters. The maximum absolute atomic E-state index is 12.5. The second-order valence-electron chi connectivity index (χ2n) is 6.84. The summed E-state index contributed by atoms with van der Waals surface area (Å²) in [7, 11) is 1.63. The summed E-state index contributed by atoms with van der Waals surface area (Å²) in [4.78, 5) is 12.5. The number of rotatable bonds is 6. The molecule has 4 heteroatoms. The first-order valence-corrected chi connectivity index (χ1v) is 9.58. The zero-order valence-electron chi connectivity index (χ0n) is 16.0. The Kier molecular flexibility index (Phi) is 7.04. The largest absolute Gasteiger partial charge is 0.496 e. The van der Waals surface area contributed by atoms with E-state index in [2.05, 4.69) is 67.1 Å². The van der Waals surface area contributed by atoms with Crippen LogP contribution in [0.1, 0.15) is 56.2 Å². The number of benzene rings is 2. The van der Waals surface area contributed by atoms with Gasteiger partial charge in [-0.2, -0.15) is 0 Å². The van der Waals surface area contributed by atoms with E-state index < -0.39 is 0 Å². The highest BCUT2D eigenvalue weighted by molar-refractivity contribution is 9.10. The fraction of sp³-hybridized carbons (Fsp3) is 0.318. The lowest BCUT2D eigenvalue weighted by Gasteiger charge is -2.19. The molecule has 138 valence electrons. The van der Waals surface area contributed by atoms with Crippen LogP contribution in [0.15, 0.2) is 46.9 Å². The monoisotopic (exact) mass is 415 g/mol. The van der Waals surface area contributed by atoms with E-state index in [1.54, 1.807) is 19.3 Å². The third kappa shape index (κ3) is 4.98. The first kappa shape index (κ1) is 20.2. The summed E-state index contributed by atoms with van der Waals surface area (Å²) in [5, 5.41) is 3.09. The van der Waals surface area contributed by atoms with E-state index in [1.165, 1.54) is 0 Å². The van der Waals surface area contributed by atoms with Gasteiger partial charge >= 0.3 is 0 Å². The van der Waals surface area contributed by atoms with Crippen LogP contribution in [0.5, 0.6) is 5.75 Å². The number of ether oxygens (including phenoxy) is 1. The molecule has 0 atom stereocenters. The van der Waals surface area contributed by atoms with Crippen molar-refractivity contribution in [1.82, 2.24) is 0 Å². The number of nitrogens with one attached hydrogen (secondary N) is 1. The maximum Gasteiger partial charge on any atom is 0.248 e. The van der Waals surface area contributed by atoms with Gasteiger partial charge in [0.25, 0.3) is 0 Å². The quantitative estimate of drug-likeness (QED) is 0.557. The van der Waals surface area contributed by atoms with Gasteiger partial charge in [0.1, 0.15) is 5.75 Å². The van der Waals surface area contributed by atoms with Gasteiger partial charge in [0.05, 0.1) is 11.6 Å². The molecular weight excluding hydrogens is 390 g/mol. The molecule has 0 radical (unpaired) electrons. The number of anilines is 1. The zero-order valence-corrected chi connectivity index (χ0v) is 17.6. The predicted molar refractivity (Wildman–Crippen MR) is 113 cm³/mol. The van der Waals surface area contributed by atoms with Gasteiger partial charge in [-0.05, 0) is 62.7 Å². The molecule has 1 N–H and O–H groups in total. The number of hydrogen-bond acceptors (Lipinski definition) is 2. The van der Waals surface area contributed by atoms with E-state index in [-0.39, 0.29) is 5.91 Å². The van der Waals surface area contributed by atoms with E-state index >= 15 is 0 Å². The summed E-state index contributed by atoms with van der Waals surface area (Å²) in [6.45, 7) is 8.55. The molecule has 2 rings (SSSR count). The van der Waals surface area contributed by atoms with Crippen molar-refractivity contribution in [3.63, 3.8) is 0 Å². The van der Waals surface area contributed by atoms with Crippen LogP contribution in [0.2, 0.25) is 0 Å². The van der Waals surface area contributed by atoms with Crippen molar-refractivity contribution >= 4 is 33.6 Å². The molecule has 0 aliphatic rings. The summed E-state index contributed by atoms with van der Waals surface area (Å²) < 4.78 is 6.08. The van der Waals surface area contributed by atoms with E-state index in [0.717, 1.165) is 32.6 Å².